The van der Waals surface area contributed by atoms with Crippen LogP contribution in [0, 0.1) is 0 Å². The van der Waals surface area contributed by atoms with Crippen LogP contribution in [-0.2, 0) is 19.6 Å². The van der Waals surface area contributed by atoms with Crippen LogP contribution in [0.25, 0.3) is 0 Å². The maximum Gasteiger partial charge on any atom is 0.338 e. The molecule has 3 rings (SSSR count). The third-order valence-electron chi connectivity index (χ3n) is 4.80. The lowest BCUT2D eigenvalue weighted by atomic mass is 10.2. The van der Waals surface area contributed by atoms with Crippen molar-refractivity contribution in [3.63, 3.8) is 0 Å². The molecule has 1 amide bonds. The molecule has 3 aromatic rings. The van der Waals surface area contributed by atoms with Gasteiger partial charge in [0.25, 0.3) is 0 Å². The molecule has 0 spiro atoms. The highest BCUT2D eigenvalue weighted by Gasteiger charge is 2.29. The Balaban J connectivity index is 1.78. The minimum absolute atomic E-state index is 0.227. The number of anilines is 2. The number of rotatable bonds is 9. The summed E-state index contributed by atoms with van der Waals surface area (Å²) in [7, 11) is -3.80. The Morgan fingerprint density at radius 2 is 1.59 bits per heavy atom. The van der Waals surface area contributed by atoms with Crippen LogP contribution >= 0.6 is 0 Å². The molecule has 0 aromatic heterocycles. The standard InChI is InChI=1S/C25H26N2O6S/c1-4-32-25(29)19-9-8-10-20(17-19)26-24(28)18(2)27(34(3,30)31)21-13-15-23(16-14-21)33-22-11-6-5-7-12-22/h5-18H,4H2,1-3H3,(H,26,28)/t18-/m1/s1. The van der Waals surface area contributed by atoms with Crippen molar-refractivity contribution in [3.05, 3.63) is 84.4 Å². The molecule has 0 heterocycles. The second kappa shape index (κ2) is 10.8. The van der Waals surface area contributed by atoms with Gasteiger partial charge in [0.1, 0.15) is 17.5 Å². The van der Waals surface area contributed by atoms with Crippen molar-refractivity contribution in [3.8, 4) is 11.5 Å². The second-order valence-electron chi connectivity index (χ2n) is 7.43. The number of benzene rings is 3. The number of carbonyl (C=O) groups excluding carboxylic acids is 2. The van der Waals surface area contributed by atoms with Crippen LogP contribution in [0.15, 0.2) is 78.9 Å². The number of nitrogens with zero attached hydrogens (tertiary/aromatic N) is 1. The number of para-hydroxylation sites is 1. The number of carbonyl (C=O) groups is 2. The molecule has 0 fully saturated rings. The molecule has 0 radical (unpaired) electrons. The predicted molar refractivity (Wildman–Crippen MR) is 131 cm³/mol. The van der Waals surface area contributed by atoms with Gasteiger partial charge < -0.3 is 14.8 Å². The fraction of sp³-hybridized carbons (Fsp3) is 0.200. The first kappa shape index (κ1) is 24.8. The first-order chi connectivity index (χ1) is 16.2. The van der Waals surface area contributed by atoms with E-state index >= 15 is 0 Å². The van der Waals surface area contributed by atoms with Crippen molar-refractivity contribution in [2.24, 2.45) is 0 Å². The van der Waals surface area contributed by atoms with Crippen molar-refractivity contribution in [2.45, 2.75) is 19.9 Å². The van der Waals surface area contributed by atoms with Gasteiger partial charge in [0.05, 0.1) is 24.1 Å². The van der Waals surface area contributed by atoms with Gasteiger partial charge >= 0.3 is 5.97 Å². The maximum atomic E-state index is 12.9. The second-order valence-corrected chi connectivity index (χ2v) is 9.29. The normalized spacial score (nSPS) is 11.9. The lowest BCUT2D eigenvalue weighted by molar-refractivity contribution is -0.116. The van der Waals surface area contributed by atoms with E-state index in [1.54, 1.807) is 61.5 Å². The van der Waals surface area contributed by atoms with Crippen molar-refractivity contribution < 1.29 is 27.5 Å². The van der Waals surface area contributed by atoms with Gasteiger partial charge in [-0.05, 0) is 68.4 Å². The van der Waals surface area contributed by atoms with Crippen LogP contribution in [-0.4, -0.2) is 39.2 Å². The molecule has 1 atom stereocenters. The molecular formula is C25H26N2O6S. The zero-order valence-electron chi connectivity index (χ0n) is 19.1. The minimum atomic E-state index is -3.80. The summed E-state index contributed by atoms with van der Waals surface area (Å²) in [5, 5.41) is 2.67. The van der Waals surface area contributed by atoms with E-state index in [1.807, 2.05) is 18.2 Å². The van der Waals surface area contributed by atoms with Crippen molar-refractivity contribution in [1.82, 2.24) is 0 Å². The maximum absolute atomic E-state index is 12.9. The third kappa shape index (κ3) is 6.35. The third-order valence-corrected chi connectivity index (χ3v) is 6.04. The Hall–Kier alpha value is -3.85. The fourth-order valence-electron chi connectivity index (χ4n) is 3.28. The Labute approximate surface area is 199 Å². The van der Waals surface area contributed by atoms with Crippen LogP contribution in [0.5, 0.6) is 11.5 Å². The summed E-state index contributed by atoms with van der Waals surface area (Å²) in [6.07, 6.45) is 1.03. The van der Waals surface area contributed by atoms with E-state index in [0.717, 1.165) is 10.6 Å². The molecule has 3 aromatic carbocycles. The molecule has 0 aliphatic heterocycles. The van der Waals surface area contributed by atoms with Gasteiger partial charge in [-0.1, -0.05) is 24.3 Å². The zero-order chi connectivity index (χ0) is 24.7. The van der Waals surface area contributed by atoms with E-state index in [4.69, 9.17) is 9.47 Å². The molecule has 8 nitrogen and oxygen atoms in total. The number of hydrogen-bond acceptors (Lipinski definition) is 6. The Kier molecular flexibility index (Phi) is 7.91. The zero-order valence-corrected chi connectivity index (χ0v) is 19.9. The monoisotopic (exact) mass is 482 g/mol. The van der Waals surface area contributed by atoms with Crippen molar-refractivity contribution in [2.75, 3.05) is 22.5 Å². The topological polar surface area (TPSA) is 102 Å². The lowest BCUT2D eigenvalue weighted by Crippen LogP contribution is -2.45. The van der Waals surface area contributed by atoms with Crippen LogP contribution in [0.1, 0.15) is 24.2 Å². The molecule has 34 heavy (non-hydrogen) atoms. The van der Waals surface area contributed by atoms with Gasteiger partial charge in [0.15, 0.2) is 0 Å². The first-order valence-electron chi connectivity index (χ1n) is 10.6. The summed E-state index contributed by atoms with van der Waals surface area (Å²) in [4.78, 5) is 24.9. The summed E-state index contributed by atoms with van der Waals surface area (Å²) >= 11 is 0. The van der Waals surface area contributed by atoms with Crippen molar-refractivity contribution in [1.29, 1.82) is 0 Å². The van der Waals surface area contributed by atoms with Gasteiger partial charge in [-0.2, -0.15) is 0 Å². The highest BCUT2D eigenvalue weighted by atomic mass is 32.2. The molecule has 0 bridgehead atoms. The largest absolute Gasteiger partial charge is 0.462 e. The SMILES string of the molecule is CCOC(=O)c1cccc(NC(=O)[C@@H](C)N(c2ccc(Oc3ccccc3)cc2)S(C)(=O)=O)c1. The van der Waals surface area contributed by atoms with Gasteiger partial charge in [-0.3, -0.25) is 9.10 Å². The van der Waals surface area contributed by atoms with Crippen LogP contribution in [0.4, 0.5) is 11.4 Å². The Morgan fingerprint density at radius 3 is 2.21 bits per heavy atom. The quantitative estimate of drug-likeness (QED) is 0.452. The van der Waals surface area contributed by atoms with E-state index in [2.05, 4.69) is 5.32 Å². The molecule has 1 N–H and O–H groups in total. The number of amides is 1. The average Bonchev–Trinajstić information content (AvgIpc) is 2.80. The summed E-state index contributed by atoms with van der Waals surface area (Å²) < 4.78 is 36.9. The van der Waals surface area contributed by atoms with E-state index in [1.165, 1.54) is 13.0 Å². The van der Waals surface area contributed by atoms with Gasteiger partial charge in [0.2, 0.25) is 15.9 Å². The highest BCUT2D eigenvalue weighted by Crippen LogP contribution is 2.27. The molecule has 9 heteroatoms. The Morgan fingerprint density at radius 1 is 0.941 bits per heavy atom. The minimum Gasteiger partial charge on any atom is -0.462 e. The fourth-order valence-corrected chi connectivity index (χ4v) is 4.45. The van der Waals surface area contributed by atoms with Crippen molar-refractivity contribution >= 4 is 33.3 Å². The summed E-state index contributed by atoms with van der Waals surface area (Å²) in [6, 6.07) is 20.8. The molecule has 0 unspecified atom stereocenters. The molecule has 178 valence electrons. The molecule has 0 aliphatic carbocycles. The molecule has 0 aliphatic rings. The first-order valence-corrected chi connectivity index (χ1v) is 12.4. The number of sulfonamides is 1. The van der Waals surface area contributed by atoms with Crippen LogP contribution in [0.2, 0.25) is 0 Å². The van der Waals surface area contributed by atoms with Gasteiger partial charge in [-0.25, -0.2) is 13.2 Å². The molecule has 0 saturated heterocycles. The van der Waals surface area contributed by atoms with E-state index in [0.29, 0.717) is 22.9 Å². The average molecular weight is 483 g/mol. The number of nitrogens with one attached hydrogen (secondary N) is 1. The van der Waals surface area contributed by atoms with Gasteiger partial charge in [-0.15, -0.1) is 0 Å². The molecule has 0 saturated carbocycles. The molecular weight excluding hydrogens is 456 g/mol. The number of hydrogen-bond donors (Lipinski definition) is 1. The summed E-state index contributed by atoms with van der Waals surface area (Å²) in [5.41, 5.74) is 0.939. The van der Waals surface area contributed by atoms with Crippen LogP contribution in [0.3, 0.4) is 0 Å². The number of ether oxygens (including phenoxy) is 2. The number of esters is 1. The lowest BCUT2D eigenvalue weighted by Gasteiger charge is -2.28. The predicted octanol–water partition coefficient (Wildman–Crippen LogP) is 4.45. The summed E-state index contributed by atoms with van der Waals surface area (Å²) in [5.74, 6) is 0.0996. The van der Waals surface area contributed by atoms with Gasteiger partial charge in [0, 0.05) is 5.69 Å². The Bertz CT molecular complexity index is 1240. The van der Waals surface area contributed by atoms with Crippen LogP contribution < -0.4 is 14.4 Å². The summed E-state index contributed by atoms with van der Waals surface area (Å²) in [6.45, 7) is 3.41. The van der Waals surface area contributed by atoms with E-state index < -0.39 is 27.9 Å². The van der Waals surface area contributed by atoms with E-state index in [9.17, 15) is 18.0 Å². The highest BCUT2D eigenvalue weighted by molar-refractivity contribution is 7.92. The smallest absolute Gasteiger partial charge is 0.338 e. The van der Waals surface area contributed by atoms with E-state index in [-0.39, 0.29) is 12.2 Å².